The van der Waals surface area contributed by atoms with E-state index in [-0.39, 0.29) is 17.1 Å². The average molecular weight is 532 g/mol. The van der Waals surface area contributed by atoms with Crippen LogP contribution >= 0.6 is 11.3 Å². The molecule has 0 aliphatic carbocycles. The molecule has 0 saturated carbocycles. The van der Waals surface area contributed by atoms with E-state index in [1.54, 1.807) is 35.6 Å². The Morgan fingerprint density at radius 2 is 1.84 bits per heavy atom. The molecule has 38 heavy (non-hydrogen) atoms. The zero-order valence-electron chi connectivity index (χ0n) is 20.9. The minimum Gasteiger partial charge on any atom is -0.463 e. The molecule has 194 valence electrons. The van der Waals surface area contributed by atoms with E-state index in [1.807, 2.05) is 17.5 Å². The van der Waals surface area contributed by atoms with Crippen molar-refractivity contribution in [1.82, 2.24) is 9.47 Å². The van der Waals surface area contributed by atoms with Crippen LogP contribution in [0.3, 0.4) is 0 Å². The number of anilines is 1. The van der Waals surface area contributed by atoms with Crippen LogP contribution in [0.4, 0.5) is 10.1 Å². The number of fused-ring (bicyclic) bond motifs is 2. The van der Waals surface area contributed by atoms with E-state index in [1.165, 1.54) is 24.0 Å². The lowest BCUT2D eigenvalue weighted by Gasteiger charge is -2.36. The molecule has 0 radical (unpaired) electrons. The smallest absolute Gasteiger partial charge is 0.376 e. The molecule has 3 aromatic heterocycles. The number of benzene rings is 2. The molecule has 0 unspecified atom stereocenters. The summed E-state index contributed by atoms with van der Waals surface area (Å²) in [6.45, 7) is 4.31. The van der Waals surface area contributed by atoms with Gasteiger partial charge in [0.2, 0.25) is 5.76 Å². The van der Waals surface area contributed by atoms with E-state index >= 15 is 0 Å². The maximum atomic E-state index is 14.2. The molecule has 7 nitrogen and oxygen atoms in total. The fourth-order valence-corrected chi connectivity index (χ4v) is 6.02. The highest BCUT2D eigenvalue weighted by atomic mass is 32.1. The number of methoxy groups -OCH3 is 1. The number of piperazine rings is 1. The third-order valence-electron chi connectivity index (χ3n) is 7.16. The van der Waals surface area contributed by atoms with Crippen LogP contribution in [0.15, 0.2) is 75.5 Å². The first-order valence-corrected chi connectivity index (χ1v) is 13.3. The Labute approximate surface area is 222 Å². The van der Waals surface area contributed by atoms with Crippen LogP contribution in [0.1, 0.15) is 16.1 Å². The number of furan rings is 1. The Kier molecular flexibility index (Phi) is 6.47. The van der Waals surface area contributed by atoms with Crippen molar-refractivity contribution >= 4 is 44.0 Å². The highest BCUT2D eigenvalue weighted by molar-refractivity contribution is 7.17. The zero-order valence-corrected chi connectivity index (χ0v) is 21.7. The molecule has 0 amide bonds. The second kappa shape index (κ2) is 10.1. The number of aromatic nitrogens is 1. The monoisotopic (exact) mass is 531 g/mol. The van der Waals surface area contributed by atoms with Gasteiger partial charge in [0, 0.05) is 60.6 Å². The number of halogens is 1. The minimum atomic E-state index is -0.637. The number of carbonyl (C=O) groups excluding carboxylic acids is 1. The van der Waals surface area contributed by atoms with E-state index in [9.17, 15) is 14.0 Å². The first-order chi connectivity index (χ1) is 18.5. The molecule has 1 saturated heterocycles. The third-order valence-corrected chi connectivity index (χ3v) is 8.03. The first kappa shape index (κ1) is 24.4. The molecule has 1 aliphatic rings. The summed E-state index contributed by atoms with van der Waals surface area (Å²) in [7, 11) is 1.28. The zero-order chi connectivity index (χ0) is 26.2. The lowest BCUT2D eigenvalue weighted by atomic mass is 10.1. The van der Waals surface area contributed by atoms with Crippen molar-refractivity contribution in [3.63, 3.8) is 0 Å². The van der Waals surface area contributed by atoms with Crippen LogP contribution in [0.5, 0.6) is 0 Å². The van der Waals surface area contributed by atoms with E-state index in [0.717, 1.165) is 65.9 Å². The van der Waals surface area contributed by atoms with Gasteiger partial charge < -0.3 is 14.1 Å². The molecule has 5 aromatic rings. The molecule has 0 atom stereocenters. The van der Waals surface area contributed by atoms with Crippen LogP contribution in [0.2, 0.25) is 0 Å². The summed E-state index contributed by atoms with van der Waals surface area (Å²) in [6, 6.07) is 16.2. The van der Waals surface area contributed by atoms with Gasteiger partial charge in [0.15, 0.2) is 0 Å². The van der Waals surface area contributed by atoms with Crippen molar-refractivity contribution in [3.8, 4) is 5.69 Å². The fraction of sp³-hybridized carbons (Fsp3) is 0.241. The fourth-order valence-electron chi connectivity index (χ4n) is 5.19. The van der Waals surface area contributed by atoms with E-state index in [4.69, 9.17) is 9.15 Å². The van der Waals surface area contributed by atoms with Crippen molar-refractivity contribution in [3.05, 3.63) is 93.7 Å². The molecule has 1 aliphatic heterocycles. The summed E-state index contributed by atoms with van der Waals surface area (Å²) in [4.78, 5) is 29.7. The molecule has 0 spiro atoms. The number of esters is 1. The van der Waals surface area contributed by atoms with Crippen LogP contribution in [0.25, 0.3) is 26.7 Å². The second-order valence-electron chi connectivity index (χ2n) is 9.36. The second-order valence-corrected chi connectivity index (χ2v) is 10.3. The standard InChI is InChI=1S/C29H26FN3O4S/c1-36-29(35)28-23(7-14-37-28)33-24-16-19(2-3-20(24)4-5-27(33)34)6-9-31-10-12-32(13-11-31)25-17-21(30)18-26-22(25)8-15-38-26/h2-5,7-8,14-18H,6,9-13H2,1H3. The molecule has 0 N–H and O–H groups in total. The van der Waals surface area contributed by atoms with Crippen molar-refractivity contribution in [2.24, 2.45) is 0 Å². The predicted molar refractivity (Wildman–Crippen MR) is 147 cm³/mol. The van der Waals surface area contributed by atoms with Gasteiger partial charge in [0.05, 0.1) is 18.9 Å². The molecule has 1 fully saturated rings. The Balaban J connectivity index is 1.19. The molecule has 4 heterocycles. The molecule has 6 rings (SSSR count). The number of ether oxygens (including phenoxy) is 1. The van der Waals surface area contributed by atoms with Crippen LogP contribution in [-0.2, 0) is 11.2 Å². The summed E-state index contributed by atoms with van der Waals surface area (Å²) >= 11 is 1.56. The number of hydrogen-bond donors (Lipinski definition) is 0. The molecular weight excluding hydrogens is 505 g/mol. The van der Waals surface area contributed by atoms with Crippen LogP contribution < -0.4 is 10.5 Å². The van der Waals surface area contributed by atoms with Crippen molar-refractivity contribution < 1.29 is 18.3 Å². The molecule has 9 heteroatoms. The largest absolute Gasteiger partial charge is 0.463 e. The van der Waals surface area contributed by atoms with Gasteiger partial charge >= 0.3 is 5.97 Å². The Morgan fingerprint density at radius 3 is 2.66 bits per heavy atom. The van der Waals surface area contributed by atoms with Crippen molar-refractivity contribution in [1.29, 1.82) is 0 Å². The highest BCUT2D eigenvalue weighted by Gasteiger charge is 2.21. The average Bonchev–Trinajstić information content (AvgIpc) is 3.61. The van der Waals surface area contributed by atoms with Gasteiger partial charge in [-0.15, -0.1) is 11.3 Å². The summed E-state index contributed by atoms with van der Waals surface area (Å²) in [5, 5.41) is 4.00. The Hall–Kier alpha value is -3.95. The summed E-state index contributed by atoms with van der Waals surface area (Å²) < 4.78 is 26.8. The Bertz CT molecular complexity index is 1700. The summed E-state index contributed by atoms with van der Waals surface area (Å²) in [5.41, 5.74) is 2.87. The maximum absolute atomic E-state index is 14.2. The molecular formula is C29H26FN3O4S. The SMILES string of the molecule is COC(=O)c1occc1-n1c(=O)ccc2ccc(CCN3CCN(c4cc(F)cc5sccc45)CC3)cc21. The maximum Gasteiger partial charge on any atom is 0.376 e. The summed E-state index contributed by atoms with van der Waals surface area (Å²) in [6.07, 6.45) is 2.19. The van der Waals surface area contributed by atoms with Gasteiger partial charge in [0.25, 0.3) is 5.56 Å². The quantitative estimate of drug-likeness (QED) is 0.285. The number of rotatable bonds is 6. The lowest BCUT2D eigenvalue weighted by molar-refractivity contribution is 0.0565. The van der Waals surface area contributed by atoms with E-state index < -0.39 is 5.97 Å². The van der Waals surface area contributed by atoms with E-state index in [0.29, 0.717) is 11.2 Å². The normalized spacial score (nSPS) is 14.4. The van der Waals surface area contributed by atoms with Crippen molar-refractivity contribution in [2.75, 3.05) is 44.7 Å². The van der Waals surface area contributed by atoms with Gasteiger partial charge in [-0.1, -0.05) is 12.1 Å². The van der Waals surface area contributed by atoms with Gasteiger partial charge in [-0.05, 0) is 53.1 Å². The number of carbonyl (C=O) groups is 1. The lowest BCUT2D eigenvalue weighted by Crippen LogP contribution is -2.47. The first-order valence-electron chi connectivity index (χ1n) is 12.5. The van der Waals surface area contributed by atoms with Crippen molar-refractivity contribution in [2.45, 2.75) is 6.42 Å². The highest BCUT2D eigenvalue weighted by Crippen LogP contribution is 2.32. The number of thiophene rings is 1. The van der Waals surface area contributed by atoms with Crippen LogP contribution in [0, 0.1) is 5.82 Å². The van der Waals surface area contributed by atoms with Gasteiger partial charge in [-0.2, -0.15) is 0 Å². The Morgan fingerprint density at radius 1 is 1.03 bits per heavy atom. The minimum absolute atomic E-state index is 0.0107. The molecule has 2 aromatic carbocycles. The van der Waals surface area contributed by atoms with Gasteiger partial charge in [-0.25, -0.2) is 9.18 Å². The van der Waals surface area contributed by atoms with E-state index in [2.05, 4.69) is 21.9 Å². The predicted octanol–water partition coefficient (Wildman–Crippen LogP) is 5.09. The number of hydrogen-bond acceptors (Lipinski definition) is 7. The third kappa shape index (κ3) is 4.48. The number of pyridine rings is 1. The van der Waals surface area contributed by atoms with Gasteiger partial charge in [-0.3, -0.25) is 14.3 Å². The molecule has 0 bridgehead atoms. The van der Waals surface area contributed by atoms with Crippen LogP contribution in [-0.4, -0.2) is 55.3 Å². The topological polar surface area (TPSA) is 67.9 Å². The van der Waals surface area contributed by atoms with Gasteiger partial charge in [0.1, 0.15) is 11.5 Å². The number of nitrogens with zero attached hydrogens (tertiary/aromatic N) is 3. The summed E-state index contributed by atoms with van der Waals surface area (Å²) in [5.74, 6) is -0.841.